The smallest absolute Gasteiger partial charge is 0.118 e. The van der Waals surface area contributed by atoms with Crippen molar-refractivity contribution >= 4 is 14.1 Å². The van der Waals surface area contributed by atoms with Gasteiger partial charge in [-0.25, -0.2) is 0 Å². The first-order valence-electron chi connectivity index (χ1n) is 7.90. The van der Waals surface area contributed by atoms with Gasteiger partial charge in [0.15, 0.2) is 0 Å². The summed E-state index contributed by atoms with van der Waals surface area (Å²) >= 11 is 0. The van der Waals surface area contributed by atoms with E-state index in [-0.39, 0.29) is 0 Å². The van der Waals surface area contributed by atoms with Crippen LogP contribution >= 0.6 is 0 Å². The second kappa shape index (κ2) is 7.51. The maximum atomic E-state index is 5.27. The topological polar surface area (TPSA) is 18.5 Å². The number of rotatable bonds is 6. The van der Waals surface area contributed by atoms with Crippen molar-refractivity contribution in [1.82, 2.24) is 0 Å². The third kappa shape index (κ3) is 4.73. The predicted octanol–water partition coefficient (Wildman–Crippen LogP) is 5.38. The Morgan fingerprint density at radius 2 is 1.26 bits per heavy atom. The van der Waals surface area contributed by atoms with Crippen LogP contribution in [0.4, 0.5) is 0 Å². The highest BCUT2D eigenvalue weighted by Crippen LogP contribution is 2.30. The lowest BCUT2D eigenvalue weighted by atomic mass is 10.1. The van der Waals surface area contributed by atoms with Gasteiger partial charge in [0, 0.05) is 0 Å². The van der Waals surface area contributed by atoms with Crippen LogP contribution in [0.3, 0.4) is 0 Å². The maximum Gasteiger partial charge on any atom is 0.118 e. The van der Waals surface area contributed by atoms with Gasteiger partial charge in [0.2, 0.25) is 0 Å². The van der Waals surface area contributed by atoms with Gasteiger partial charge in [-0.2, -0.15) is 0 Å². The van der Waals surface area contributed by atoms with E-state index in [9.17, 15) is 0 Å². The van der Waals surface area contributed by atoms with Gasteiger partial charge in [0.1, 0.15) is 11.5 Å². The molecule has 0 aliphatic rings. The molecule has 2 rings (SSSR count). The Bertz CT molecular complexity index is 637. The van der Waals surface area contributed by atoms with Crippen LogP contribution in [0.5, 0.6) is 11.5 Å². The predicted molar refractivity (Wildman–Crippen MR) is 101 cm³/mol. The van der Waals surface area contributed by atoms with Crippen LogP contribution in [0.2, 0.25) is 19.6 Å². The van der Waals surface area contributed by atoms with Crippen LogP contribution in [0.15, 0.2) is 54.6 Å². The van der Waals surface area contributed by atoms with Gasteiger partial charge in [-0.3, -0.25) is 0 Å². The molecule has 0 aliphatic carbocycles. The molecule has 2 nitrogen and oxygen atoms in total. The van der Waals surface area contributed by atoms with Gasteiger partial charge in [-0.05, 0) is 40.9 Å². The van der Waals surface area contributed by atoms with E-state index in [1.165, 1.54) is 11.1 Å². The minimum absolute atomic E-state index is 0.468. The molecule has 0 saturated heterocycles. The molecule has 0 saturated carbocycles. The minimum atomic E-state index is -1.38. The molecule has 0 fully saturated rings. The Hall–Kier alpha value is -2.00. The zero-order valence-corrected chi connectivity index (χ0v) is 15.7. The lowest BCUT2D eigenvalue weighted by Crippen LogP contribution is -2.29. The second-order valence-corrected chi connectivity index (χ2v) is 12.1. The van der Waals surface area contributed by atoms with Crippen molar-refractivity contribution in [1.29, 1.82) is 0 Å². The van der Waals surface area contributed by atoms with Crippen molar-refractivity contribution in [2.24, 2.45) is 0 Å². The second-order valence-electron chi connectivity index (χ2n) is 6.75. The van der Waals surface area contributed by atoms with Crippen molar-refractivity contribution in [2.75, 3.05) is 14.2 Å². The van der Waals surface area contributed by atoms with Gasteiger partial charge in [0.05, 0.1) is 22.3 Å². The molecule has 0 bridgehead atoms. The molecule has 0 amide bonds. The summed E-state index contributed by atoms with van der Waals surface area (Å²) in [6.45, 7) is 7.21. The quantitative estimate of drug-likeness (QED) is 0.664. The summed E-state index contributed by atoms with van der Waals surface area (Å²) in [6.07, 6.45) is 4.56. The third-order valence-electron chi connectivity index (χ3n) is 4.00. The first-order chi connectivity index (χ1) is 10.9. The zero-order valence-electron chi connectivity index (χ0n) is 14.7. The molecule has 3 heteroatoms. The molecule has 0 N–H and O–H groups in total. The molecule has 2 aromatic rings. The fraction of sp³-hybridized carbons (Fsp3) is 0.300. The van der Waals surface area contributed by atoms with Crippen molar-refractivity contribution in [3.05, 3.63) is 65.7 Å². The highest BCUT2D eigenvalue weighted by atomic mass is 28.3. The lowest BCUT2D eigenvalue weighted by molar-refractivity contribution is 0.414. The first kappa shape index (κ1) is 17.4. The maximum absolute atomic E-state index is 5.27. The van der Waals surface area contributed by atoms with Crippen LogP contribution in [0, 0.1) is 0 Å². The summed E-state index contributed by atoms with van der Waals surface area (Å²) in [6, 6.07) is 16.6. The Morgan fingerprint density at radius 1 is 0.783 bits per heavy atom. The van der Waals surface area contributed by atoms with Gasteiger partial charge < -0.3 is 9.47 Å². The summed E-state index contributed by atoms with van der Waals surface area (Å²) in [5.74, 6) is 1.79. The minimum Gasteiger partial charge on any atom is -0.497 e. The number of hydrogen-bond donors (Lipinski definition) is 0. The van der Waals surface area contributed by atoms with Crippen molar-refractivity contribution in [3.63, 3.8) is 0 Å². The normalized spacial score (nSPS) is 13.1. The lowest BCUT2D eigenvalue weighted by Gasteiger charge is -2.27. The molecule has 23 heavy (non-hydrogen) atoms. The number of allylic oxidation sites excluding steroid dienone is 1. The largest absolute Gasteiger partial charge is 0.497 e. The van der Waals surface area contributed by atoms with E-state index >= 15 is 0 Å². The monoisotopic (exact) mass is 326 g/mol. The van der Waals surface area contributed by atoms with Crippen LogP contribution in [-0.2, 0) is 0 Å². The molecule has 122 valence electrons. The fourth-order valence-electron chi connectivity index (χ4n) is 2.63. The fourth-order valence-corrected chi connectivity index (χ4v) is 4.50. The summed E-state index contributed by atoms with van der Waals surface area (Å²) < 4.78 is 10.5. The van der Waals surface area contributed by atoms with E-state index in [0.29, 0.717) is 5.54 Å². The number of benzene rings is 2. The third-order valence-corrected chi connectivity index (χ3v) is 6.40. The Morgan fingerprint density at radius 3 is 1.70 bits per heavy atom. The van der Waals surface area contributed by atoms with Crippen molar-refractivity contribution in [3.8, 4) is 11.5 Å². The zero-order chi connectivity index (χ0) is 16.9. The highest BCUT2D eigenvalue weighted by Gasteiger charge is 2.25. The van der Waals surface area contributed by atoms with E-state index in [4.69, 9.17) is 9.47 Å². The van der Waals surface area contributed by atoms with Gasteiger partial charge in [0.25, 0.3) is 0 Å². The summed E-state index contributed by atoms with van der Waals surface area (Å²) in [5.41, 5.74) is 3.02. The average molecular weight is 327 g/mol. The highest BCUT2D eigenvalue weighted by molar-refractivity contribution is 6.78. The molecular weight excluding hydrogens is 300 g/mol. The molecule has 2 aromatic carbocycles. The molecule has 0 aliphatic heterocycles. The average Bonchev–Trinajstić information content (AvgIpc) is 2.55. The van der Waals surface area contributed by atoms with Gasteiger partial charge in [-0.1, -0.05) is 56.1 Å². The van der Waals surface area contributed by atoms with E-state index in [1.54, 1.807) is 14.2 Å². The number of methoxy groups -OCH3 is 2. The van der Waals surface area contributed by atoms with Gasteiger partial charge in [-0.15, -0.1) is 0 Å². The van der Waals surface area contributed by atoms with Crippen LogP contribution in [-0.4, -0.2) is 22.3 Å². The molecular formula is C20H26O2Si. The van der Waals surface area contributed by atoms with Crippen LogP contribution in [0.1, 0.15) is 16.7 Å². The summed E-state index contributed by atoms with van der Waals surface area (Å²) in [4.78, 5) is 0. The van der Waals surface area contributed by atoms with E-state index in [1.807, 2.05) is 24.3 Å². The molecule has 0 spiro atoms. The summed E-state index contributed by atoms with van der Waals surface area (Å²) in [5, 5.41) is 0. The first-order valence-corrected chi connectivity index (χ1v) is 11.5. The Balaban J connectivity index is 2.25. The van der Waals surface area contributed by atoms with E-state index in [2.05, 4.69) is 56.1 Å². The molecule has 0 aromatic heterocycles. The van der Waals surface area contributed by atoms with Crippen LogP contribution in [0.25, 0.3) is 6.08 Å². The Kier molecular flexibility index (Phi) is 5.67. The standard InChI is InChI=1S/C20H26O2Si/c1-21-18-11-6-16(7-12-18)8-15-20(23(3,4)5)17-9-13-19(22-2)14-10-17/h6-15,20H,1-5H3/b15-8+. The molecule has 1 atom stereocenters. The van der Waals surface area contributed by atoms with Crippen molar-refractivity contribution in [2.45, 2.75) is 25.2 Å². The number of hydrogen-bond acceptors (Lipinski definition) is 2. The SMILES string of the molecule is COc1ccc(/C=C/C(c2ccc(OC)cc2)[Si](C)(C)C)cc1. The Labute approximate surface area is 140 Å². The summed E-state index contributed by atoms with van der Waals surface area (Å²) in [7, 11) is 2.01. The molecule has 0 heterocycles. The van der Waals surface area contributed by atoms with Crippen LogP contribution < -0.4 is 9.47 Å². The van der Waals surface area contributed by atoms with Crippen molar-refractivity contribution < 1.29 is 9.47 Å². The van der Waals surface area contributed by atoms with E-state index in [0.717, 1.165) is 11.5 Å². The molecule has 0 radical (unpaired) electrons. The van der Waals surface area contributed by atoms with E-state index < -0.39 is 8.07 Å². The molecule has 1 unspecified atom stereocenters. The van der Waals surface area contributed by atoms with Gasteiger partial charge >= 0.3 is 0 Å². The number of ether oxygens (including phenoxy) is 2.